The van der Waals surface area contributed by atoms with Gasteiger partial charge in [-0.1, -0.05) is 13.3 Å². The number of nitrogens with zero attached hydrogens (tertiary/aromatic N) is 5. The third-order valence-corrected chi connectivity index (χ3v) is 5.83. The monoisotopic (exact) mass is 475 g/mol. The number of aryl methyl sites for hydroxylation is 1. The Balaban J connectivity index is 1.55. The maximum atomic E-state index is 13.5. The van der Waals surface area contributed by atoms with Gasteiger partial charge in [-0.15, -0.1) is 0 Å². The summed E-state index contributed by atoms with van der Waals surface area (Å²) < 4.78 is 20.7. The van der Waals surface area contributed by atoms with Gasteiger partial charge in [-0.05, 0) is 42.8 Å². The van der Waals surface area contributed by atoms with Crippen molar-refractivity contribution in [1.82, 2.24) is 23.7 Å². The normalized spacial score (nSPS) is 11.4. The smallest absolute Gasteiger partial charge is 0.333 e. The molecule has 35 heavy (non-hydrogen) atoms. The number of unbranched alkanes of at least 4 members (excludes halogenated alkanes) is 1. The zero-order chi connectivity index (χ0) is 24.4. The van der Waals surface area contributed by atoms with Crippen molar-refractivity contribution in [2.75, 3.05) is 7.11 Å². The Bertz CT molecular complexity index is 1550. The van der Waals surface area contributed by atoms with Crippen LogP contribution in [0.5, 0.6) is 5.75 Å². The first-order valence-corrected chi connectivity index (χ1v) is 11.4. The fourth-order valence-electron chi connectivity index (χ4n) is 3.99. The van der Waals surface area contributed by atoms with E-state index in [1.807, 2.05) is 37.3 Å². The summed E-state index contributed by atoms with van der Waals surface area (Å²) in [5, 5.41) is 0. The SMILES string of the molecule is CCCCn1c(=O)n(Cc2coc(-c3ccc(OC)cc3)n2)c(=O)c2c1ncn2Cc1ccco1. The molecule has 0 bridgehead atoms. The minimum atomic E-state index is -0.434. The Morgan fingerprint density at radius 2 is 1.86 bits per heavy atom. The molecule has 4 heterocycles. The summed E-state index contributed by atoms with van der Waals surface area (Å²) in [4.78, 5) is 35.8. The molecule has 1 aromatic carbocycles. The van der Waals surface area contributed by atoms with Crippen molar-refractivity contribution in [2.24, 2.45) is 0 Å². The van der Waals surface area contributed by atoms with Gasteiger partial charge in [-0.3, -0.25) is 13.9 Å². The number of ether oxygens (including phenoxy) is 1. The van der Waals surface area contributed by atoms with Crippen LogP contribution in [0.15, 0.2) is 73.7 Å². The number of furan rings is 1. The largest absolute Gasteiger partial charge is 0.497 e. The third-order valence-electron chi connectivity index (χ3n) is 5.83. The maximum absolute atomic E-state index is 13.5. The molecular formula is C25H25N5O5. The van der Waals surface area contributed by atoms with E-state index in [4.69, 9.17) is 13.6 Å². The van der Waals surface area contributed by atoms with Gasteiger partial charge in [0, 0.05) is 12.1 Å². The van der Waals surface area contributed by atoms with Crippen LogP contribution in [0, 0.1) is 0 Å². The first kappa shape index (κ1) is 22.5. The lowest BCUT2D eigenvalue weighted by molar-refractivity contribution is 0.415. The summed E-state index contributed by atoms with van der Waals surface area (Å²) >= 11 is 0. The quantitative estimate of drug-likeness (QED) is 0.321. The second kappa shape index (κ2) is 9.49. The molecule has 5 rings (SSSR count). The van der Waals surface area contributed by atoms with Gasteiger partial charge in [-0.2, -0.15) is 0 Å². The molecule has 5 aromatic rings. The van der Waals surface area contributed by atoms with Gasteiger partial charge >= 0.3 is 5.69 Å². The Morgan fingerprint density at radius 3 is 2.57 bits per heavy atom. The third kappa shape index (κ3) is 4.30. The summed E-state index contributed by atoms with van der Waals surface area (Å²) in [5.41, 5.74) is 1.08. The molecule has 0 aliphatic carbocycles. The number of hydrogen-bond acceptors (Lipinski definition) is 7. The van der Waals surface area contributed by atoms with Crippen molar-refractivity contribution in [3.63, 3.8) is 0 Å². The standard InChI is InChI=1S/C25H25N5O5/c1-3-4-11-29-22-21(28(16-26-22)14-20-6-5-12-34-20)24(31)30(25(29)32)13-18-15-35-23(27-18)17-7-9-19(33-2)10-8-17/h5-10,12,15-16H,3-4,11,13-14H2,1-2H3. The van der Waals surface area contributed by atoms with E-state index in [9.17, 15) is 9.59 Å². The number of benzene rings is 1. The van der Waals surface area contributed by atoms with Crippen LogP contribution in [0.2, 0.25) is 0 Å². The van der Waals surface area contributed by atoms with Crippen LogP contribution < -0.4 is 16.0 Å². The highest BCUT2D eigenvalue weighted by atomic mass is 16.5. The van der Waals surface area contributed by atoms with Crippen molar-refractivity contribution in [1.29, 1.82) is 0 Å². The van der Waals surface area contributed by atoms with Gasteiger partial charge in [0.15, 0.2) is 11.2 Å². The molecule has 0 radical (unpaired) electrons. The number of oxazole rings is 1. The van der Waals surface area contributed by atoms with Crippen LogP contribution in [0.25, 0.3) is 22.6 Å². The molecule has 0 amide bonds. The van der Waals surface area contributed by atoms with Crippen LogP contribution in [0.3, 0.4) is 0 Å². The fourth-order valence-corrected chi connectivity index (χ4v) is 3.99. The van der Waals surface area contributed by atoms with E-state index in [2.05, 4.69) is 9.97 Å². The van der Waals surface area contributed by atoms with E-state index >= 15 is 0 Å². The zero-order valence-corrected chi connectivity index (χ0v) is 19.5. The van der Waals surface area contributed by atoms with E-state index in [0.717, 1.165) is 24.2 Å². The molecule has 0 fully saturated rings. The molecule has 0 aliphatic rings. The van der Waals surface area contributed by atoms with Crippen molar-refractivity contribution < 1.29 is 13.6 Å². The molecule has 0 unspecified atom stereocenters. The maximum Gasteiger partial charge on any atom is 0.333 e. The Labute approximate surface area is 200 Å². The summed E-state index contributed by atoms with van der Waals surface area (Å²) in [7, 11) is 1.60. The predicted molar refractivity (Wildman–Crippen MR) is 129 cm³/mol. The summed E-state index contributed by atoms with van der Waals surface area (Å²) in [5.74, 6) is 1.80. The first-order valence-electron chi connectivity index (χ1n) is 11.4. The molecule has 0 atom stereocenters. The van der Waals surface area contributed by atoms with Crippen LogP contribution in [-0.4, -0.2) is 30.8 Å². The van der Waals surface area contributed by atoms with Crippen LogP contribution in [0.1, 0.15) is 31.2 Å². The molecule has 0 aliphatic heterocycles. The number of hydrogen-bond donors (Lipinski definition) is 0. The molecule has 0 saturated heterocycles. The molecule has 0 N–H and O–H groups in total. The van der Waals surface area contributed by atoms with E-state index in [1.54, 1.807) is 34.9 Å². The zero-order valence-electron chi connectivity index (χ0n) is 19.5. The van der Waals surface area contributed by atoms with E-state index in [0.29, 0.717) is 41.6 Å². The van der Waals surface area contributed by atoms with Crippen LogP contribution >= 0.6 is 0 Å². The van der Waals surface area contributed by atoms with E-state index in [-0.39, 0.29) is 6.54 Å². The molecule has 4 aromatic heterocycles. The lowest BCUT2D eigenvalue weighted by Crippen LogP contribution is -2.41. The predicted octanol–water partition coefficient (Wildman–Crippen LogP) is 3.51. The van der Waals surface area contributed by atoms with Crippen molar-refractivity contribution >= 4 is 11.2 Å². The van der Waals surface area contributed by atoms with Gasteiger partial charge in [0.05, 0.1) is 38.5 Å². The number of aromatic nitrogens is 5. The average Bonchev–Trinajstić information content (AvgIpc) is 3.64. The lowest BCUT2D eigenvalue weighted by Gasteiger charge is -2.11. The van der Waals surface area contributed by atoms with Crippen LogP contribution in [0.4, 0.5) is 0 Å². The van der Waals surface area contributed by atoms with Crippen molar-refractivity contribution in [3.8, 4) is 17.2 Å². The number of fused-ring (bicyclic) bond motifs is 1. The summed E-state index contributed by atoms with van der Waals surface area (Å²) in [6, 6.07) is 10.9. The van der Waals surface area contributed by atoms with Gasteiger partial charge < -0.3 is 18.1 Å². The first-order chi connectivity index (χ1) is 17.1. The van der Waals surface area contributed by atoms with Crippen LogP contribution in [-0.2, 0) is 19.6 Å². The number of imidazole rings is 1. The Morgan fingerprint density at radius 1 is 1.03 bits per heavy atom. The summed E-state index contributed by atoms with van der Waals surface area (Å²) in [6.07, 6.45) is 6.29. The van der Waals surface area contributed by atoms with Crippen molar-refractivity contribution in [3.05, 3.63) is 87.5 Å². The highest BCUT2D eigenvalue weighted by molar-refractivity contribution is 5.70. The van der Waals surface area contributed by atoms with E-state index < -0.39 is 11.2 Å². The topological polar surface area (TPSA) is 110 Å². The fraction of sp³-hybridized carbons (Fsp3) is 0.280. The van der Waals surface area contributed by atoms with Gasteiger partial charge in [0.25, 0.3) is 5.56 Å². The molecule has 0 saturated carbocycles. The van der Waals surface area contributed by atoms with Gasteiger partial charge in [0.1, 0.15) is 17.8 Å². The second-order valence-corrected chi connectivity index (χ2v) is 8.18. The molecule has 10 heteroatoms. The molecule has 10 nitrogen and oxygen atoms in total. The minimum absolute atomic E-state index is 0.0225. The number of rotatable bonds is 9. The van der Waals surface area contributed by atoms with Gasteiger partial charge in [0.2, 0.25) is 5.89 Å². The lowest BCUT2D eigenvalue weighted by atomic mass is 10.2. The minimum Gasteiger partial charge on any atom is -0.497 e. The van der Waals surface area contributed by atoms with Gasteiger partial charge in [-0.25, -0.2) is 14.8 Å². The number of methoxy groups -OCH3 is 1. The molecular weight excluding hydrogens is 450 g/mol. The Hall–Kier alpha value is -4.34. The highest BCUT2D eigenvalue weighted by Crippen LogP contribution is 2.22. The van der Waals surface area contributed by atoms with E-state index in [1.165, 1.54) is 10.8 Å². The highest BCUT2D eigenvalue weighted by Gasteiger charge is 2.20. The Kier molecular flexibility index (Phi) is 6.09. The van der Waals surface area contributed by atoms with Crippen molar-refractivity contribution in [2.45, 2.75) is 39.4 Å². The summed E-state index contributed by atoms with van der Waals surface area (Å²) in [6.45, 7) is 2.81. The average molecular weight is 476 g/mol. The second-order valence-electron chi connectivity index (χ2n) is 8.18. The molecule has 0 spiro atoms. The molecule has 180 valence electrons.